The van der Waals surface area contributed by atoms with Gasteiger partial charge in [0, 0.05) is 10.6 Å². The maximum Gasteiger partial charge on any atom is 0.277 e. The molecule has 0 saturated carbocycles. The summed E-state index contributed by atoms with van der Waals surface area (Å²) in [5, 5.41) is 14.4. The summed E-state index contributed by atoms with van der Waals surface area (Å²) in [4.78, 5) is 11.8. The van der Waals surface area contributed by atoms with Gasteiger partial charge in [-0.3, -0.25) is 4.79 Å². The second kappa shape index (κ2) is 8.39. The van der Waals surface area contributed by atoms with Crippen LogP contribution in [0, 0.1) is 13.8 Å². The number of methoxy groups -OCH3 is 1. The van der Waals surface area contributed by atoms with E-state index in [0.717, 1.165) is 11.1 Å². The fraction of sp³-hybridized carbons (Fsp3) is 0.222. The van der Waals surface area contributed by atoms with Crippen LogP contribution in [0.15, 0.2) is 35.4 Å². The third kappa shape index (κ3) is 4.87. The third-order valence-corrected chi connectivity index (χ3v) is 4.02. The first-order valence-electron chi connectivity index (χ1n) is 7.49. The van der Waals surface area contributed by atoms with Crippen molar-refractivity contribution >= 4 is 23.7 Å². The molecule has 2 aromatic carbocycles. The molecule has 6 nitrogen and oxygen atoms in total. The second-order valence-corrected chi connectivity index (χ2v) is 5.73. The number of aromatic hydroxyl groups is 1. The monoisotopic (exact) mass is 362 g/mol. The number of nitrogens with one attached hydrogen (secondary N) is 1. The van der Waals surface area contributed by atoms with Crippen LogP contribution in [-0.4, -0.2) is 30.9 Å². The highest BCUT2D eigenvalue weighted by Gasteiger charge is 2.07. The van der Waals surface area contributed by atoms with Crippen LogP contribution < -0.4 is 14.9 Å². The van der Waals surface area contributed by atoms with Crippen LogP contribution in [0.1, 0.15) is 16.7 Å². The number of phenolic OH excluding ortho intramolecular Hbond substituents is 1. The van der Waals surface area contributed by atoms with Crippen molar-refractivity contribution in [1.29, 1.82) is 0 Å². The highest BCUT2D eigenvalue weighted by molar-refractivity contribution is 6.32. The van der Waals surface area contributed by atoms with Crippen LogP contribution in [0.3, 0.4) is 0 Å². The van der Waals surface area contributed by atoms with Crippen LogP contribution >= 0.6 is 11.6 Å². The molecule has 132 valence electrons. The van der Waals surface area contributed by atoms with Gasteiger partial charge in [-0.15, -0.1) is 0 Å². The Hall–Kier alpha value is -2.73. The Labute approximate surface area is 151 Å². The van der Waals surface area contributed by atoms with Gasteiger partial charge < -0.3 is 14.6 Å². The lowest BCUT2D eigenvalue weighted by molar-refractivity contribution is -0.123. The number of halogens is 1. The van der Waals surface area contributed by atoms with Gasteiger partial charge in [0.15, 0.2) is 18.1 Å². The molecule has 0 aromatic heterocycles. The van der Waals surface area contributed by atoms with Crippen molar-refractivity contribution in [2.24, 2.45) is 5.10 Å². The molecule has 2 aromatic rings. The summed E-state index contributed by atoms with van der Waals surface area (Å²) in [7, 11) is 1.45. The van der Waals surface area contributed by atoms with Gasteiger partial charge in [-0.2, -0.15) is 5.10 Å². The molecule has 0 spiro atoms. The minimum atomic E-state index is -0.427. The summed E-state index contributed by atoms with van der Waals surface area (Å²) in [6.07, 6.45) is 1.33. The number of hydrogen-bond donors (Lipinski definition) is 2. The number of phenols is 1. The maximum absolute atomic E-state index is 11.8. The van der Waals surface area contributed by atoms with Gasteiger partial charge in [-0.05, 0) is 49.2 Å². The number of carbonyl (C=O) groups excluding carboxylic acids is 1. The molecule has 0 saturated heterocycles. The average Bonchev–Trinajstić information content (AvgIpc) is 2.59. The Morgan fingerprint density at radius 3 is 2.64 bits per heavy atom. The fourth-order valence-corrected chi connectivity index (χ4v) is 2.26. The first-order valence-corrected chi connectivity index (χ1v) is 7.87. The number of aryl methyl sites for hydroxylation is 2. The third-order valence-electron chi connectivity index (χ3n) is 3.42. The van der Waals surface area contributed by atoms with Crippen molar-refractivity contribution in [3.8, 4) is 17.2 Å². The average molecular weight is 363 g/mol. The SMILES string of the molecule is COc1cccc(C=NNC(=O)COc2cc(C)c(Cl)c(C)c2)c1O. The lowest BCUT2D eigenvalue weighted by atomic mass is 10.1. The van der Waals surface area contributed by atoms with Crippen LogP contribution in [-0.2, 0) is 4.79 Å². The Morgan fingerprint density at radius 1 is 1.32 bits per heavy atom. The number of amides is 1. The van der Waals surface area contributed by atoms with Gasteiger partial charge in [0.2, 0.25) is 0 Å². The Balaban J connectivity index is 1.91. The Morgan fingerprint density at radius 2 is 2.00 bits per heavy atom. The molecule has 0 fully saturated rings. The van der Waals surface area contributed by atoms with E-state index in [-0.39, 0.29) is 12.4 Å². The molecule has 0 aliphatic heterocycles. The highest BCUT2D eigenvalue weighted by atomic mass is 35.5. The zero-order valence-electron chi connectivity index (χ0n) is 14.2. The smallest absolute Gasteiger partial charge is 0.277 e. The van der Waals surface area contributed by atoms with E-state index in [2.05, 4.69) is 10.5 Å². The molecule has 1 amide bonds. The fourth-order valence-electron chi connectivity index (χ4n) is 2.15. The molecule has 0 aliphatic carbocycles. The number of hydrazone groups is 1. The van der Waals surface area contributed by atoms with E-state index in [1.165, 1.54) is 13.3 Å². The molecule has 0 radical (unpaired) electrons. The largest absolute Gasteiger partial charge is 0.504 e. The van der Waals surface area contributed by atoms with E-state index in [0.29, 0.717) is 22.1 Å². The zero-order chi connectivity index (χ0) is 18.4. The molecule has 25 heavy (non-hydrogen) atoms. The predicted octanol–water partition coefficient (Wildman–Crippen LogP) is 3.20. The molecular formula is C18H19ClN2O4. The minimum Gasteiger partial charge on any atom is -0.504 e. The summed E-state index contributed by atoms with van der Waals surface area (Å²) >= 11 is 6.09. The summed E-state index contributed by atoms with van der Waals surface area (Å²) < 4.78 is 10.4. The standard InChI is InChI=1S/C18H19ClN2O4/c1-11-7-14(8-12(2)17(11)19)25-10-16(22)21-20-9-13-5-4-6-15(24-3)18(13)23/h4-9,23H,10H2,1-3H3,(H,21,22). The van der Waals surface area contributed by atoms with Gasteiger partial charge in [0.25, 0.3) is 5.91 Å². The number of rotatable bonds is 6. The minimum absolute atomic E-state index is 0.0497. The van der Waals surface area contributed by atoms with Crippen molar-refractivity contribution in [3.63, 3.8) is 0 Å². The summed E-state index contributed by atoms with van der Waals surface area (Å²) in [6.45, 7) is 3.54. The number of benzene rings is 2. The van der Waals surface area contributed by atoms with Crippen LogP contribution in [0.5, 0.6) is 17.2 Å². The normalized spacial score (nSPS) is 10.7. The highest BCUT2D eigenvalue weighted by Crippen LogP contribution is 2.28. The Kier molecular flexibility index (Phi) is 6.25. The van der Waals surface area contributed by atoms with Gasteiger partial charge in [-0.25, -0.2) is 5.43 Å². The summed E-state index contributed by atoms with van der Waals surface area (Å²) in [5.74, 6) is 0.409. The first kappa shape index (κ1) is 18.6. The van der Waals surface area contributed by atoms with Crippen molar-refractivity contribution in [3.05, 3.63) is 52.0 Å². The van der Waals surface area contributed by atoms with Crippen LogP contribution in [0.25, 0.3) is 0 Å². The van der Waals surface area contributed by atoms with Crippen LogP contribution in [0.2, 0.25) is 5.02 Å². The summed E-state index contributed by atoms with van der Waals surface area (Å²) in [6, 6.07) is 8.49. The second-order valence-electron chi connectivity index (χ2n) is 5.35. The first-order chi connectivity index (χ1) is 11.9. The van der Waals surface area contributed by atoms with E-state index in [9.17, 15) is 9.90 Å². The molecule has 2 rings (SSSR count). The molecule has 0 unspecified atom stereocenters. The Bertz CT molecular complexity index is 783. The number of carbonyl (C=O) groups is 1. The predicted molar refractivity (Wildman–Crippen MR) is 96.8 cm³/mol. The molecule has 0 aliphatic rings. The number of ether oxygens (including phenoxy) is 2. The molecule has 0 bridgehead atoms. The lowest BCUT2D eigenvalue weighted by Gasteiger charge is -2.09. The number of para-hydroxylation sites is 1. The van der Waals surface area contributed by atoms with Crippen molar-refractivity contribution in [2.45, 2.75) is 13.8 Å². The molecule has 7 heteroatoms. The van der Waals surface area contributed by atoms with Gasteiger partial charge in [0.1, 0.15) is 5.75 Å². The van der Waals surface area contributed by atoms with Crippen molar-refractivity contribution < 1.29 is 19.4 Å². The van der Waals surface area contributed by atoms with Crippen LogP contribution in [0.4, 0.5) is 0 Å². The quantitative estimate of drug-likeness (QED) is 0.611. The summed E-state index contributed by atoms with van der Waals surface area (Å²) in [5.41, 5.74) is 4.51. The van der Waals surface area contributed by atoms with E-state index >= 15 is 0 Å². The van der Waals surface area contributed by atoms with E-state index in [1.54, 1.807) is 30.3 Å². The van der Waals surface area contributed by atoms with E-state index in [4.69, 9.17) is 21.1 Å². The van der Waals surface area contributed by atoms with E-state index in [1.807, 2.05) is 13.8 Å². The van der Waals surface area contributed by atoms with Crippen molar-refractivity contribution in [1.82, 2.24) is 5.43 Å². The van der Waals surface area contributed by atoms with Gasteiger partial charge >= 0.3 is 0 Å². The lowest BCUT2D eigenvalue weighted by Crippen LogP contribution is -2.24. The van der Waals surface area contributed by atoms with Crippen molar-refractivity contribution in [2.75, 3.05) is 13.7 Å². The zero-order valence-corrected chi connectivity index (χ0v) is 14.9. The molecule has 0 heterocycles. The van der Waals surface area contributed by atoms with Gasteiger partial charge in [0.05, 0.1) is 13.3 Å². The molecule has 2 N–H and O–H groups in total. The number of nitrogens with zero attached hydrogens (tertiary/aromatic N) is 1. The van der Waals surface area contributed by atoms with E-state index < -0.39 is 5.91 Å². The number of hydrogen-bond acceptors (Lipinski definition) is 5. The van der Waals surface area contributed by atoms with Gasteiger partial charge in [-0.1, -0.05) is 17.7 Å². The maximum atomic E-state index is 11.8. The molecule has 0 atom stereocenters. The topological polar surface area (TPSA) is 80.2 Å². The molecular weight excluding hydrogens is 344 g/mol.